The minimum atomic E-state index is -1.43. The van der Waals surface area contributed by atoms with Crippen LogP contribution in [0.3, 0.4) is 0 Å². The monoisotopic (exact) mass is 372 g/mol. The van der Waals surface area contributed by atoms with Crippen LogP contribution in [0.4, 0.5) is 0 Å². The highest BCUT2D eigenvalue weighted by molar-refractivity contribution is 7.33. The van der Waals surface area contributed by atoms with Crippen molar-refractivity contribution in [2.45, 2.75) is 70.3 Å². The number of ether oxygens (including phenoxy) is 1. The van der Waals surface area contributed by atoms with E-state index in [1.807, 2.05) is 0 Å². The van der Waals surface area contributed by atoms with Crippen LogP contribution in [-0.4, -0.2) is 14.0 Å². The highest BCUT2D eigenvalue weighted by atomic mass is 35.7. The molecule has 0 N–H and O–H groups in total. The number of unbranched alkanes of at least 4 members (excludes halogenated alkanes) is 1. The summed E-state index contributed by atoms with van der Waals surface area (Å²) in [5.74, 6) is 2.72. The summed E-state index contributed by atoms with van der Waals surface area (Å²) in [4.78, 5) is 0. The van der Waals surface area contributed by atoms with Gasteiger partial charge < -0.3 is 4.74 Å². The standard InChI is InChI=1S/C19H30Cl2OSi/c1-2-5-16-6-8-17(9-7-16)18-10-12-19(13-11-18)22-14-3-4-15-23(20)21/h10-13,16-17,23H,2-9,14-15H2,1H3/t16-,17-. The van der Waals surface area contributed by atoms with E-state index in [0.717, 1.165) is 43.1 Å². The van der Waals surface area contributed by atoms with Gasteiger partial charge in [-0.3, -0.25) is 0 Å². The zero-order chi connectivity index (χ0) is 16.5. The molecule has 2 rings (SSSR count). The second-order valence-corrected chi connectivity index (χ2v) is 12.0. The third-order valence-electron chi connectivity index (χ3n) is 4.98. The van der Waals surface area contributed by atoms with Crippen LogP contribution in [0, 0.1) is 5.92 Å². The van der Waals surface area contributed by atoms with Crippen LogP contribution < -0.4 is 4.74 Å². The zero-order valence-electron chi connectivity index (χ0n) is 14.3. The van der Waals surface area contributed by atoms with E-state index < -0.39 is 7.42 Å². The molecule has 1 aliphatic rings. The van der Waals surface area contributed by atoms with Crippen molar-refractivity contribution in [2.24, 2.45) is 5.92 Å². The maximum atomic E-state index is 5.85. The van der Waals surface area contributed by atoms with Crippen LogP contribution in [0.5, 0.6) is 5.75 Å². The Hall–Kier alpha value is -0.183. The number of hydrogen-bond acceptors (Lipinski definition) is 1. The van der Waals surface area contributed by atoms with Gasteiger partial charge in [0.15, 0.2) is 0 Å². The SMILES string of the molecule is CCC[C@H]1CC[C@H](c2ccc(OCCCC[SiH](Cl)Cl)cc2)CC1. The summed E-state index contributed by atoms with van der Waals surface area (Å²) >= 11 is 11.7. The van der Waals surface area contributed by atoms with E-state index in [-0.39, 0.29) is 0 Å². The van der Waals surface area contributed by atoms with Crippen molar-refractivity contribution >= 4 is 29.6 Å². The van der Waals surface area contributed by atoms with E-state index in [2.05, 4.69) is 31.2 Å². The molecule has 0 aliphatic heterocycles. The summed E-state index contributed by atoms with van der Waals surface area (Å²) in [5.41, 5.74) is 1.49. The molecule has 1 fully saturated rings. The molecule has 130 valence electrons. The van der Waals surface area contributed by atoms with Crippen LogP contribution in [-0.2, 0) is 0 Å². The molecule has 1 nitrogen and oxygen atoms in total. The molecule has 23 heavy (non-hydrogen) atoms. The lowest BCUT2D eigenvalue weighted by Crippen LogP contribution is -2.13. The predicted molar refractivity (Wildman–Crippen MR) is 104 cm³/mol. The average Bonchev–Trinajstić information content (AvgIpc) is 2.56. The fourth-order valence-corrected chi connectivity index (χ4v) is 5.14. The van der Waals surface area contributed by atoms with Crippen molar-refractivity contribution in [1.82, 2.24) is 0 Å². The van der Waals surface area contributed by atoms with Crippen LogP contribution in [0.25, 0.3) is 0 Å². The predicted octanol–water partition coefficient (Wildman–Crippen LogP) is 6.62. The first-order valence-electron chi connectivity index (χ1n) is 9.20. The highest BCUT2D eigenvalue weighted by Gasteiger charge is 2.21. The molecule has 4 heteroatoms. The summed E-state index contributed by atoms with van der Waals surface area (Å²) in [5, 5.41) is 0. The highest BCUT2D eigenvalue weighted by Crippen LogP contribution is 2.37. The van der Waals surface area contributed by atoms with Gasteiger partial charge in [-0.05, 0) is 67.7 Å². The van der Waals surface area contributed by atoms with Gasteiger partial charge >= 0.3 is 0 Å². The Labute approximate surface area is 152 Å². The largest absolute Gasteiger partial charge is 0.494 e. The van der Waals surface area contributed by atoms with E-state index in [9.17, 15) is 0 Å². The topological polar surface area (TPSA) is 9.23 Å². The Balaban J connectivity index is 1.70. The van der Waals surface area contributed by atoms with Gasteiger partial charge in [0.25, 0.3) is 0 Å². The van der Waals surface area contributed by atoms with E-state index in [1.165, 1.54) is 44.1 Å². The summed E-state index contributed by atoms with van der Waals surface area (Å²) in [7, 11) is -1.43. The molecule has 0 spiro atoms. The quantitative estimate of drug-likeness (QED) is 0.269. The normalized spacial score (nSPS) is 21.6. The molecule has 0 saturated heterocycles. The molecular weight excluding hydrogens is 343 g/mol. The van der Waals surface area contributed by atoms with Gasteiger partial charge in [-0.25, -0.2) is 0 Å². The van der Waals surface area contributed by atoms with E-state index >= 15 is 0 Å². The van der Waals surface area contributed by atoms with Crippen molar-refractivity contribution in [3.05, 3.63) is 29.8 Å². The third kappa shape index (κ3) is 7.07. The minimum Gasteiger partial charge on any atom is -0.494 e. The average molecular weight is 373 g/mol. The van der Waals surface area contributed by atoms with Crippen molar-refractivity contribution in [1.29, 1.82) is 0 Å². The van der Waals surface area contributed by atoms with Crippen molar-refractivity contribution < 1.29 is 4.74 Å². The van der Waals surface area contributed by atoms with Crippen molar-refractivity contribution in [2.75, 3.05) is 6.61 Å². The van der Waals surface area contributed by atoms with Gasteiger partial charge in [-0.2, -0.15) is 22.2 Å². The fourth-order valence-electron chi connectivity index (χ4n) is 3.62. The molecule has 0 amide bonds. The maximum absolute atomic E-state index is 5.85. The molecule has 0 unspecified atom stereocenters. The first-order valence-corrected chi connectivity index (χ1v) is 13.5. The van der Waals surface area contributed by atoms with Crippen molar-refractivity contribution in [3.8, 4) is 5.75 Å². The van der Waals surface area contributed by atoms with Gasteiger partial charge in [0.05, 0.1) is 6.61 Å². The van der Waals surface area contributed by atoms with Gasteiger partial charge in [0.1, 0.15) is 5.75 Å². The Kier molecular flexibility index (Phi) is 8.85. The lowest BCUT2D eigenvalue weighted by Gasteiger charge is -2.28. The Morgan fingerprint density at radius 3 is 2.35 bits per heavy atom. The summed E-state index contributed by atoms with van der Waals surface area (Å²) < 4.78 is 5.81. The van der Waals surface area contributed by atoms with Crippen LogP contribution in [0.15, 0.2) is 24.3 Å². The van der Waals surface area contributed by atoms with Gasteiger partial charge in [0, 0.05) is 0 Å². The number of hydrogen-bond donors (Lipinski definition) is 0. The van der Waals surface area contributed by atoms with Gasteiger partial charge in [-0.15, -0.1) is 0 Å². The van der Waals surface area contributed by atoms with E-state index in [0.29, 0.717) is 0 Å². The number of halogens is 2. The lowest BCUT2D eigenvalue weighted by molar-refractivity contribution is 0.304. The second-order valence-electron chi connectivity index (χ2n) is 6.81. The molecule has 1 aromatic carbocycles. The zero-order valence-corrected chi connectivity index (χ0v) is 16.9. The Morgan fingerprint density at radius 1 is 1.04 bits per heavy atom. The molecule has 0 bridgehead atoms. The molecule has 1 saturated carbocycles. The summed E-state index contributed by atoms with van der Waals surface area (Å²) in [6, 6.07) is 9.77. The van der Waals surface area contributed by atoms with Crippen LogP contribution in [0.1, 0.15) is 69.8 Å². The van der Waals surface area contributed by atoms with E-state index in [1.54, 1.807) is 0 Å². The molecule has 1 aliphatic carbocycles. The second kappa shape index (κ2) is 10.6. The number of rotatable bonds is 9. The van der Waals surface area contributed by atoms with Crippen LogP contribution in [0.2, 0.25) is 6.04 Å². The third-order valence-corrected chi connectivity index (χ3v) is 7.13. The first kappa shape index (κ1) is 19.1. The Bertz CT molecular complexity index is 428. The maximum Gasteiger partial charge on any atom is 0.237 e. The molecular formula is C19H30Cl2OSi. The fraction of sp³-hybridized carbons (Fsp3) is 0.684. The molecule has 0 atom stereocenters. The number of benzene rings is 1. The van der Waals surface area contributed by atoms with Crippen LogP contribution >= 0.6 is 22.2 Å². The first-order chi connectivity index (χ1) is 11.2. The van der Waals surface area contributed by atoms with Gasteiger partial charge in [0.2, 0.25) is 7.42 Å². The van der Waals surface area contributed by atoms with Crippen molar-refractivity contribution in [3.63, 3.8) is 0 Å². The molecule has 0 radical (unpaired) electrons. The Morgan fingerprint density at radius 2 is 1.74 bits per heavy atom. The van der Waals surface area contributed by atoms with Gasteiger partial charge in [-0.1, -0.05) is 38.3 Å². The minimum absolute atomic E-state index is 0.756. The smallest absolute Gasteiger partial charge is 0.237 e. The summed E-state index contributed by atoms with van der Waals surface area (Å²) in [6.45, 7) is 3.06. The molecule has 1 aromatic rings. The lowest BCUT2D eigenvalue weighted by atomic mass is 9.77. The molecule has 0 heterocycles. The molecule has 0 aromatic heterocycles. The van der Waals surface area contributed by atoms with E-state index in [4.69, 9.17) is 26.9 Å². The summed E-state index contributed by atoms with van der Waals surface area (Å²) in [6.07, 6.45) is 10.4.